The number of β-amino-alcohol motifs (C(OH)–C–C–N with tert-alkyl or cyclic N) is 1. The highest BCUT2D eigenvalue weighted by Crippen LogP contribution is 2.42. The molecule has 6 rings (SSSR count). The van der Waals surface area contributed by atoms with E-state index >= 15 is 0 Å². The average Bonchev–Trinajstić information content (AvgIpc) is 3.62. The van der Waals surface area contributed by atoms with E-state index in [4.69, 9.17) is 5.11 Å². The van der Waals surface area contributed by atoms with Crippen LogP contribution in [-0.2, 0) is 41.9 Å². The highest BCUT2D eigenvalue weighted by atomic mass is 79.9. The van der Waals surface area contributed by atoms with Crippen molar-refractivity contribution < 1.29 is 33.9 Å². The monoisotopic (exact) mass is 710 g/mol. The van der Waals surface area contributed by atoms with Crippen LogP contribution in [0, 0.1) is 10.8 Å². The Labute approximate surface area is 283 Å². The smallest absolute Gasteiger partial charge is 0.245 e. The van der Waals surface area contributed by atoms with Crippen LogP contribution in [0.5, 0.6) is 0 Å². The second kappa shape index (κ2) is 16.3. The van der Waals surface area contributed by atoms with Crippen LogP contribution >= 0.6 is 15.9 Å². The topological polar surface area (TPSA) is 144 Å². The van der Waals surface area contributed by atoms with Gasteiger partial charge in [-0.3, -0.25) is 38.6 Å². The number of halogens is 1. The van der Waals surface area contributed by atoms with Gasteiger partial charge in [-0.15, -0.1) is 0 Å². The van der Waals surface area contributed by atoms with Crippen molar-refractivity contribution in [1.82, 2.24) is 20.0 Å². The molecule has 4 fully saturated rings. The first-order valence-corrected chi connectivity index (χ1v) is 17.3. The van der Waals surface area contributed by atoms with Gasteiger partial charge in [0.2, 0.25) is 35.4 Å². The minimum Gasteiger partial charge on any atom is -0.395 e. The number of aliphatic hydroxyl groups excluding tert-OH is 1. The van der Waals surface area contributed by atoms with Gasteiger partial charge in [-0.1, -0.05) is 83.5 Å². The molecule has 4 heterocycles. The second-order valence-electron chi connectivity index (χ2n) is 12.2. The van der Waals surface area contributed by atoms with Crippen LogP contribution in [0.25, 0.3) is 0 Å². The Bertz CT molecular complexity index is 1450. The fraction of sp³-hybridized carbons (Fsp3) is 0.486. The zero-order chi connectivity index (χ0) is 34.0. The zero-order valence-electron chi connectivity index (χ0n) is 26.8. The highest BCUT2D eigenvalue weighted by molar-refractivity contribution is 9.09. The molecule has 12 heteroatoms. The van der Waals surface area contributed by atoms with E-state index in [1.165, 1.54) is 21.1 Å². The minimum atomic E-state index is -1.11. The molecule has 6 amide bonds. The molecule has 2 unspecified atom stereocenters. The number of alkyl halides is 1. The number of nitrogens with zero attached hydrogens (tertiary/aromatic N) is 3. The fourth-order valence-electron chi connectivity index (χ4n) is 6.44. The lowest BCUT2D eigenvalue weighted by atomic mass is 9.77. The van der Waals surface area contributed by atoms with Gasteiger partial charge < -0.3 is 15.3 Å². The summed E-state index contributed by atoms with van der Waals surface area (Å²) in [6.45, 7) is 3.66. The van der Waals surface area contributed by atoms with Gasteiger partial charge >= 0.3 is 0 Å². The number of aliphatic hydroxyl groups is 1. The summed E-state index contributed by atoms with van der Waals surface area (Å²) in [5.74, 6) is -1.62. The Kier molecular flexibility index (Phi) is 12.4. The second-order valence-corrected chi connectivity index (χ2v) is 13.0. The number of hydrogen-bond donors (Lipinski definition) is 2. The molecule has 0 aliphatic carbocycles. The van der Waals surface area contributed by atoms with Crippen LogP contribution in [0.1, 0.15) is 63.0 Å². The van der Waals surface area contributed by atoms with Crippen LogP contribution in [0.2, 0.25) is 0 Å². The van der Waals surface area contributed by atoms with Crippen molar-refractivity contribution >= 4 is 51.4 Å². The van der Waals surface area contributed by atoms with Crippen molar-refractivity contribution in [3.05, 3.63) is 71.8 Å². The lowest BCUT2D eigenvalue weighted by Gasteiger charge is -2.36. The molecule has 4 aliphatic rings. The molecule has 2 N–H and O–H groups in total. The number of imide groups is 2. The van der Waals surface area contributed by atoms with Gasteiger partial charge in [0.1, 0.15) is 10.8 Å². The van der Waals surface area contributed by atoms with E-state index in [0.29, 0.717) is 32.4 Å². The maximum absolute atomic E-state index is 12.9. The van der Waals surface area contributed by atoms with E-state index in [-0.39, 0.29) is 80.9 Å². The van der Waals surface area contributed by atoms with Gasteiger partial charge in [-0.25, -0.2) is 0 Å². The van der Waals surface area contributed by atoms with E-state index in [1.54, 1.807) is 0 Å². The van der Waals surface area contributed by atoms with Gasteiger partial charge in [0, 0.05) is 37.8 Å². The highest BCUT2D eigenvalue weighted by Gasteiger charge is 2.57. The number of nitrogens with one attached hydrogen (secondary N) is 1. The summed E-state index contributed by atoms with van der Waals surface area (Å²) in [5, 5.41) is 12.9. The van der Waals surface area contributed by atoms with E-state index in [1.807, 2.05) is 60.7 Å². The number of amides is 6. The van der Waals surface area contributed by atoms with Crippen molar-refractivity contribution in [2.75, 3.05) is 31.6 Å². The summed E-state index contributed by atoms with van der Waals surface area (Å²) < 4.78 is 0. The molecule has 2 aromatic rings. The third-order valence-electron chi connectivity index (χ3n) is 9.15. The molecular formula is C35H43BrN4O7. The Hall–Kier alpha value is -3.90. The molecule has 4 saturated heterocycles. The fourth-order valence-corrected chi connectivity index (χ4v) is 6.44. The molecule has 47 heavy (non-hydrogen) atoms. The summed E-state index contributed by atoms with van der Waals surface area (Å²) in [4.78, 5) is 78.4. The van der Waals surface area contributed by atoms with Crippen molar-refractivity contribution in [2.45, 2.75) is 65.0 Å². The van der Waals surface area contributed by atoms with Crippen molar-refractivity contribution in [3.63, 3.8) is 0 Å². The van der Waals surface area contributed by atoms with Crippen molar-refractivity contribution in [2.24, 2.45) is 10.8 Å². The van der Waals surface area contributed by atoms with Gasteiger partial charge in [0.25, 0.3) is 0 Å². The molecule has 2 aromatic carbocycles. The number of benzene rings is 2. The Morgan fingerprint density at radius 1 is 0.723 bits per heavy atom. The standard InChI is InChI=1S/C17H20N2O4.C15H16N2O3.C3H7Br/c20-11-10-18-9-8-17(15(18)22)7-6-14(21)19(16(17)23)12-13-4-2-1-3-5-13;18-12-6-7-15(8-9-16-13(15)19)14(20)17(12)10-11-4-2-1-3-5-11;1-2-3-4/h1-5,20H,6-12H2;1-5H,6-10H2,(H,16,19);2-3H2,1H3. The zero-order valence-corrected chi connectivity index (χ0v) is 28.4. The molecule has 2 atom stereocenters. The lowest BCUT2D eigenvalue weighted by Crippen LogP contribution is -2.54. The van der Waals surface area contributed by atoms with Crippen molar-refractivity contribution in [1.29, 1.82) is 0 Å². The first kappa shape index (κ1) is 35.9. The number of rotatable bonds is 7. The lowest BCUT2D eigenvalue weighted by molar-refractivity contribution is -0.164. The number of carbonyl (C=O) groups excluding carboxylic acids is 6. The number of piperidine rings is 2. The predicted octanol–water partition coefficient (Wildman–Crippen LogP) is 3.18. The van der Waals surface area contributed by atoms with Gasteiger partial charge in [0.05, 0.1) is 19.7 Å². The Morgan fingerprint density at radius 2 is 1.21 bits per heavy atom. The van der Waals surface area contributed by atoms with Crippen LogP contribution in [-0.4, -0.2) is 86.8 Å². The average molecular weight is 712 g/mol. The molecule has 0 bridgehead atoms. The number of hydrogen-bond acceptors (Lipinski definition) is 7. The van der Waals surface area contributed by atoms with Crippen molar-refractivity contribution in [3.8, 4) is 0 Å². The normalized spacial score (nSPS) is 23.9. The van der Waals surface area contributed by atoms with E-state index in [2.05, 4.69) is 28.2 Å². The van der Waals surface area contributed by atoms with E-state index in [9.17, 15) is 28.8 Å². The molecule has 0 aromatic heterocycles. The Balaban J connectivity index is 0.000000193. The van der Waals surface area contributed by atoms with Gasteiger partial charge in [0.15, 0.2) is 0 Å². The molecule has 2 spiro atoms. The van der Waals surface area contributed by atoms with Gasteiger partial charge in [-0.2, -0.15) is 0 Å². The van der Waals surface area contributed by atoms with Crippen LogP contribution in [0.3, 0.4) is 0 Å². The molecule has 252 valence electrons. The first-order chi connectivity index (χ1) is 22.6. The van der Waals surface area contributed by atoms with Crippen LogP contribution < -0.4 is 5.32 Å². The number of likely N-dealkylation sites (tertiary alicyclic amines) is 3. The van der Waals surface area contributed by atoms with E-state index < -0.39 is 10.8 Å². The molecule has 0 saturated carbocycles. The molecule has 0 radical (unpaired) electrons. The Morgan fingerprint density at radius 3 is 1.66 bits per heavy atom. The predicted molar refractivity (Wildman–Crippen MR) is 177 cm³/mol. The molecule has 11 nitrogen and oxygen atoms in total. The van der Waals surface area contributed by atoms with E-state index in [0.717, 1.165) is 16.5 Å². The summed E-state index contributed by atoms with van der Waals surface area (Å²) in [6.07, 6.45) is 3.22. The quantitative estimate of drug-likeness (QED) is 0.255. The SMILES string of the molecule is CCCBr.O=C1CCC2(CCN(CCO)C2=O)C(=O)N1Cc1ccccc1.O=C1CCC2(CCNC2=O)C(=O)N1Cc1ccccc1. The largest absolute Gasteiger partial charge is 0.395 e. The van der Waals surface area contributed by atoms with Gasteiger partial charge in [-0.05, 0) is 43.2 Å². The molecule has 4 aliphatic heterocycles. The third kappa shape index (κ3) is 7.81. The maximum atomic E-state index is 12.9. The summed E-state index contributed by atoms with van der Waals surface area (Å²) in [6, 6.07) is 18.7. The van der Waals surface area contributed by atoms with Crippen LogP contribution in [0.15, 0.2) is 60.7 Å². The maximum Gasteiger partial charge on any atom is 0.245 e. The first-order valence-electron chi connectivity index (χ1n) is 16.2. The minimum absolute atomic E-state index is 0.122. The summed E-state index contributed by atoms with van der Waals surface area (Å²) in [7, 11) is 0. The molecular weight excluding hydrogens is 668 g/mol. The van der Waals surface area contributed by atoms with Crippen LogP contribution in [0.4, 0.5) is 0 Å². The summed E-state index contributed by atoms with van der Waals surface area (Å²) >= 11 is 3.25. The number of carbonyl (C=O) groups is 6. The summed E-state index contributed by atoms with van der Waals surface area (Å²) in [5.41, 5.74) is -0.367. The third-order valence-corrected chi connectivity index (χ3v) is 9.94.